The number of phenols is 1. The minimum Gasteiger partial charge on any atom is -0.508 e. The molecule has 1 aromatic rings. The summed E-state index contributed by atoms with van der Waals surface area (Å²) in [7, 11) is 0. The Morgan fingerprint density at radius 3 is 1.75 bits per heavy atom. The van der Waals surface area contributed by atoms with Crippen LogP contribution >= 0.6 is 0 Å². The number of hydrogen-bond acceptors (Lipinski definition) is 6. The smallest absolute Gasteiger partial charge is 0.408 e. The molecule has 0 heterocycles. The molecule has 3 amide bonds. The van der Waals surface area contributed by atoms with Crippen molar-refractivity contribution < 1.29 is 34.1 Å². The molecule has 0 bridgehead atoms. The average Bonchev–Trinajstić information content (AvgIpc) is 2.71. The third kappa shape index (κ3) is 11.9. The highest BCUT2D eigenvalue weighted by molar-refractivity contribution is 5.93. The van der Waals surface area contributed by atoms with Crippen molar-refractivity contribution in [3.8, 4) is 5.75 Å². The van der Waals surface area contributed by atoms with E-state index >= 15 is 0 Å². The number of phenolic OH excluding ortho intramolecular Hbond substituents is 1. The molecule has 0 spiro atoms. The summed E-state index contributed by atoms with van der Waals surface area (Å²) < 4.78 is 5.28. The van der Waals surface area contributed by atoms with Gasteiger partial charge in [0.15, 0.2) is 0 Å². The number of alkyl carbamates (subject to hydrolysis) is 1. The van der Waals surface area contributed by atoms with Gasteiger partial charge in [-0.3, -0.25) is 9.59 Å². The average molecular weight is 508 g/mol. The fourth-order valence-electron chi connectivity index (χ4n) is 3.47. The number of rotatable bonds is 12. The van der Waals surface area contributed by atoms with Crippen molar-refractivity contribution in [2.75, 3.05) is 0 Å². The normalized spacial score (nSPS) is 14.0. The van der Waals surface area contributed by atoms with Crippen LogP contribution in [0.15, 0.2) is 24.3 Å². The molecule has 202 valence electrons. The number of carboxylic acids is 1. The first-order valence-electron chi connectivity index (χ1n) is 12.2. The first-order chi connectivity index (χ1) is 16.6. The Kier molecular flexibility index (Phi) is 11.7. The van der Waals surface area contributed by atoms with Crippen LogP contribution in [0.2, 0.25) is 0 Å². The number of amides is 3. The van der Waals surface area contributed by atoms with Crippen molar-refractivity contribution >= 4 is 23.9 Å². The van der Waals surface area contributed by atoms with Crippen molar-refractivity contribution in [3.63, 3.8) is 0 Å². The zero-order valence-corrected chi connectivity index (χ0v) is 22.3. The molecule has 0 aliphatic carbocycles. The standard InChI is InChI=1S/C26H41N3O7/c1-15(2)12-19(29-25(35)36-26(5,6)7)22(31)27-20(14-17-8-10-18(30)11-9-17)23(32)28-21(24(33)34)13-16(3)4/h8-11,15-16,19-21,30H,12-14H2,1-7H3,(H,27,31)(H,28,32)(H,29,35)(H,33,34)/t19-,20-,21-/m0/s1. The van der Waals surface area contributed by atoms with Crippen molar-refractivity contribution in [2.45, 2.75) is 91.5 Å². The molecule has 1 rings (SSSR count). The lowest BCUT2D eigenvalue weighted by molar-refractivity contribution is -0.142. The van der Waals surface area contributed by atoms with E-state index in [1.54, 1.807) is 32.9 Å². The molecule has 0 saturated heterocycles. The number of nitrogens with one attached hydrogen (secondary N) is 3. The Bertz CT molecular complexity index is 892. The summed E-state index contributed by atoms with van der Waals surface area (Å²) >= 11 is 0. The lowest BCUT2D eigenvalue weighted by Gasteiger charge is -2.27. The van der Waals surface area contributed by atoms with E-state index in [1.807, 2.05) is 27.7 Å². The summed E-state index contributed by atoms with van der Waals surface area (Å²) in [5, 5.41) is 26.9. The van der Waals surface area contributed by atoms with Crippen molar-refractivity contribution in [3.05, 3.63) is 29.8 Å². The zero-order valence-electron chi connectivity index (χ0n) is 22.3. The molecule has 0 saturated carbocycles. The molecule has 1 aromatic carbocycles. The van der Waals surface area contributed by atoms with Gasteiger partial charge >= 0.3 is 12.1 Å². The Morgan fingerprint density at radius 2 is 1.28 bits per heavy atom. The molecule has 10 nitrogen and oxygen atoms in total. The monoisotopic (exact) mass is 507 g/mol. The maximum atomic E-state index is 13.2. The van der Waals surface area contributed by atoms with Gasteiger partial charge in [-0.05, 0) is 63.1 Å². The lowest BCUT2D eigenvalue weighted by Crippen LogP contribution is -2.57. The number of hydrogen-bond donors (Lipinski definition) is 5. The van der Waals surface area contributed by atoms with E-state index in [9.17, 15) is 29.4 Å². The fourth-order valence-corrected chi connectivity index (χ4v) is 3.47. The Morgan fingerprint density at radius 1 is 0.806 bits per heavy atom. The van der Waals surface area contributed by atoms with E-state index in [-0.39, 0.29) is 30.4 Å². The topological polar surface area (TPSA) is 154 Å². The lowest BCUT2D eigenvalue weighted by atomic mass is 10.00. The minimum absolute atomic E-state index is 0.0185. The summed E-state index contributed by atoms with van der Waals surface area (Å²) in [5.74, 6) is -2.32. The first kappa shape index (κ1) is 30.7. The van der Waals surface area contributed by atoms with Gasteiger partial charge < -0.3 is 30.9 Å². The molecule has 0 fully saturated rings. The molecule has 0 aliphatic rings. The van der Waals surface area contributed by atoms with Crippen LogP contribution < -0.4 is 16.0 Å². The molecule has 0 aromatic heterocycles. The summed E-state index contributed by atoms with van der Waals surface area (Å²) in [6.07, 6.45) is -0.196. The van der Waals surface area contributed by atoms with Crippen molar-refractivity contribution in [1.29, 1.82) is 0 Å². The summed E-state index contributed by atoms with van der Waals surface area (Å²) in [6, 6.07) is 2.91. The number of aromatic hydroxyl groups is 1. The number of carbonyl (C=O) groups is 4. The molecule has 0 aliphatic heterocycles. The van der Waals surface area contributed by atoms with E-state index in [0.717, 1.165) is 0 Å². The fraction of sp³-hybridized carbons (Fsp3) is 0.615. The minimum atomic E-state index is -1.17. The summed E-state index contributed by atoms with van der Waals surface area (Å²) in [5.41, 5.74) is -0.114. The van der Waals surface area contributed by atoms with Gasteiger partial charge in [0, 0.05) is 6.42 Å². The summed E-state index contributed by atoms with van der Waals surface area (Å²) in [4.78, 5) is 50.4. The van der Waals surface area contributed by atoms with Crippen LogP contribution in [0, 0.1) is 11.8 Å². The highest BCUT2D eigenvalue weighted by atomic mass is 16.6. The number of benzene rings is 1. The molecular formula is C26H41N3O7. The van der Waals surface area contributed by atoms with E-state index in [4.69, 9.17) is 4.74 Å². The largest absolute Gasteiger partial charge is 0.508 e. The van der Waals surface area contributed by atoms with E-state index < -0.39 is 47.6 Å². The predicted octanol–water partition coefficient (Wildman–Crippen LogP) is 2.97. The first-order valence-corrected chi connectivity index (χ1v) is 12.2. The van der Waals surface area contributed by atoms with Gasteiger partial charge in [0.2, 0.25) is 11.8 Å². The predicted molar refractivity (Wildman–Crippen MR) is 135 cm³/mol. The van der Waals surface area contributed by atoms with Crippen LogP contribution in [0.25, 0.3) is 0 Å². The van der Waals surface area contributed by atoms with Crippen molar-refractivity contribution in [1.82, 2.24) is 16.0 Å². The molecule has 10 heteroatoms. The molecule has 5 N–H and O–H groups in total. The Labute approximate surface area is 213 Å². The van der Waals surface area contributed by atoms with Gasteiger partial charge in [-0.15, -0.1) is 0 Å². The van der Waals surface area contributed by atoms with Gasteiger partial charge in [-0.1, -0.05) is 39.8 Å². The van der Waals surface area contributed by atoms with E-state index in [2.05, 4.69) is 16.0 Å². The maximum Gasteiger partial charge on any atom is 0.408 e. The Balaban J connectivity index is 3.15. The van der Waals surface area contributed by atoms with Crippen LogP contribution in [0.1, 0.15) is 66.9 Å². The summed E-state index contributed by atoms with van der Waals surface area (Å²) in [6.45, 7) is 12.6. The number of carbonyl (C=O) groups excluding carboxylic acids is 3. The number of carboxylic acid groups (broad SMARTS) is 1. The van der Waals surface area contributed by atoms with Crippen LogP contribution in [-0.2, 0) is 25.5 Å². The SMILES string of the molecule is CC(C)C[C@H](NC(=O)[C@H](Cc1ccc(O)cc1)NC(=O)[C@H](CC(C)C)NC(=O)OC(C)(C)C)C(=O)O. The molecule has 0 unspecified atom stereocenters. The van der Waals surface area contributed by atoms with Gasteiger partial charge in [-0.25, -0.2) is 9.59 Å². The molecule has 36 heavy (non-hydrogen) atoms. The van der Waals surface area contributed by atoms with Crippen LogP contribution in [0.3, 0.4) is 0 Å². The maximum absolute atomic E-state index is 13.2. The van der Waals surface area contributed by atoms with Gasteiger partial charge in [0.1, 0.15) is 29.5 Å². The van der Waals surface area contributed by atoms with Gasteiger partial charge in [0.25, 0.3) is 0 Å². The molecular weight excluding hydrogens is 466 g/mol. The second kappa shape index (κ2) is 13.7. The zero-order chi connectivity index (χ0) is 27.6. The van der Waals surface area contributed by atoms with Crippen LogP contribution in [-0.4, -0.2) is 57.8 Å². The Hall–Kier alpha value is -3.30. The van der Waals surface area contributed by atoms with Crippen molar-refractivity contribution in [2.24, 2.45) is 11.8 Å². The number of aliphatic carboxylic acids is 1. The van der Waals surface area contributed by atoms with Gasteiger partial charge in [-0.2, -0.15) is 0 Å². The third-order valence-electron chi connectivity index (χ3n) is 5.05. The molecule has 0 radical (unpaired) electrons. The molecule has 3 atom stereocenters. The third-order valence-corrected chi connectivity index (χ3v) is 5.05. The van der Waals surface area contributed by atoms with E-state index in [0.29, 0.717) is 12.0 Å². The highest BCUT2D eigenvalue weighted by Crippen LogP contribution is 2.14. The second-order valence-corrected chi connectivity index (χ2v) is 10.8. The van der Waals surface area contributed by atoms with Crippen LogP contribution in [0.4, 0.5) is 4.79 Å². The number of ether oxygens (including phenoxy) is 1. The van der Waals surface area contributed by atoms with E-state index in [1.165, 1.54) is 12.1 Å². The highest BCUT2D eigenvalue weighted by Gasteiger charge is 2.31. The quantitative estimate of drug-likeness (QED) is 0.291. The van der Waals surface area contributed by atoms with Crippen LogP contribution in [0.5, 0.6) is 5.75 Å². The second-order valence-electron chi connectivity index (χ2n) is 10.8. The van der Waals surface area contributed by atoms with Gasteiger partial charge in [0.05, 0.1) is 0 Å².